The van der Waals surface area contributed by atoms with Gasteiger partial charge in [-0.25, -0.2) is 0 Å². The molecule has 0 saturated heterocycles. The molecule has 4 rings (SSSR count). The zero-order valence-corrected chi connectivity index (χ0v) is 19.2. The Hall–Kier alpha value is -2.41. The van der Waals surface area contributed by atoms with Gasteiger partial charge in [-0.05, 0) is 98.7 Å². The molecule has 1 fully saturated rings. The van der Waals surface area contributed by atoms with E-state index in [0.29, 0.717) is 5.75 Å². The molecule has 2 aromatic carbocycles. The Bertz CT molecular complexity index is 1010. The van der Waals surface area contributed by atoms with Gasteiger partial charge in [-0.3, -0.25) is 10.0 Å². The summed E-state index contributed by atoms with van der Waals surface area (Å²) >= 11 is 0. The zero-order valence-electron chi connectivity index (χ0n) is 19.2. The summed E-state index contributed by atoms with van der Waals surface area (Å²) in [5.41, 5.74) is 1.90. The van der Waals surface area contributed by atoms with Crippen LogP contribution in [-0.2, 0) is 22.2 Å². The SMILES string of the molecule is CC(C)(O)c1ccc2c(c1)CCC1C(C)(C(=O)Oc3ccc(N([O-])O)cc3)CCCC21C. The molecule has 0 bridgehead atoms. The van der Waals surface area contributed by atoms with Crippen molar-refractivity contribution in [3.05, 3.63) is 64.4 Å². The number of carbonyl (C=O) groups excluding carboxylic acids is 1. The number of aryl methyl sites for hydroxylation is 1. The van der Waals surface area contributed by atoms with E-state index >= 15 is 0 Å². The van der Waals surface area contributed by atoms with Crippen LogP contribution in [-0.4, -0.2) is 16.3 Å². The molecule has 0 aliphatic heterocycles. The molecular formula is C26H32NO5-. The van der Waals surface area contributed by atoms with Crippen molar-refractivity contribution in [2.45, 2.75) is 70.8 Å². The van der Waals surface area contributed by atoms with Gasteiger partial charge in [0.05, 0.1) is 16.7 Å². The number of ether oxygens (including phenoxy) is 1. The molecule has 0 radical (unpaired) electrons. The summed E-state index contributed by atoms with van der Waals surface area (Å²) in [5.74, 6) is 0.256. The van der Waals surface area contributed by atoms with Gasteiger partial charge in [-0.1, -0.05) is 31.5 Å². The average molecular weight is 439 g/mol. The lowest BCUT2D eigenvalue weighted by molar-refractivity contribution is -0.154. The summed E-state index contributed by atoms with van der Waals surface area (Å²) in [6.45, 7) is 7.90. The number of anilines is 1. The summed E-state index contributed by atoms with van der Waals surface area (Å²) < 4.78 is 5.76. The molecule has 2 aliphatic carbocycles. The van der Waals surface area contributed by atoms with Crippen LogP contribution < -0.4 is 9.96 Å². The van der Waals surface area contributed by atoms with Crippen molar-refractivity contribution < 1.29 is 19.8 Å². The molecule has 0 amide bonds. The lowest BCUT2D eigenvalue weighted by Gasteiger charge is -2.54. The van der Waals surface area contributed by atoms with Crippen LogP contribution in [0.2, 0.25) is 0 Å². The second-order valence-corrected chi connectivity index (χ2v) is 10.4. The molecule has 2 N–H and O–H groups in total. The number of fused-ring (bicyclic) bond motifs is 3. The van der Waals surface area contributed by atoms with E-state index in [-0.39, 0.29) is 28.2 Å². The first-order valence-corrected chi connectivity index (χ1v) is 11.3. The second kappa shape index (κ2) is 7.87. The van der Waals surface area contributed by atoms with E-state index in [2.05, 4.69) is 19.1 Å². The van der Waals surface area contributed by atoms with Gasteiger partial charge in [0.15, 0.2) is 0 Å². The van der Waals surface area contributed by atoms with Crippen LogP contribution in [0.5, 0.6) is 5.75 Å². The maximum absolute atomic E-state index is 13.4. The maximum atomic E-state index is 13.4. The molecule has 3 atom stereocenters. The van der Waals surface area contributed by atoms with Gasteiger partial charge < -0.3 is 20.3 Å². The molecule has 32 heavy (non-hydrogen) atoms. The topological polar surface area (TPSA) is 93.1 Å². The van der Waals surface area contributed by atoms with Crippen molar-refractivity contribution in [1.82, 2.24) is 0 Å². The minimum Gasteiger partial charge on any atom is -0.733 e. The monoisotopic (exact) mass is 438 g/mol. The summed E-state index contributed by atoms with van der Waals surface area (Å²) in [4.78, 5) is 13.4. The molecular weight excluding hydrogens is 406 g/mol. The van der Waals surface area contributed by atoms with Gasteiger partial charge in [0.25, 0.3) is 0 Å². The Morgan fingerprint density at radius 2 is 1.84 bits per heavy atom. The van der Waals surface area contributed by atoms with E-state index in [4.69, 9.17) is 9.94 Å². The fourth-order valence-electron chi connectivity index (χ4n) is 5.98. The van der Waals surface area contributed by atoms with E-state index in [1.165, 1.54) is 35.4 Å². The van der Waals surface area contributed by atoms with Gasteiger partial charge in [-0.15, -0.1) is 0 Å². The van der Waals surface area contributed by atoms with Crippen LogP contribution in [0.3, 0.4) is 0 Å². The second-order valence-electron chi connectivity index (χ2n) is 10.4. The summed E-state index contributed by atoms with van der Waals surface area (Å²) in [6, 6.07) is 12.2. The normalized spacial score (nSPS) is 27.3. The molecule has 0 heterocycles. The molecule has 172 valence electrons. The first kappa shape index (κ1) is 22.8. The van der Waals surface area contributed by atoms with Crippen molar-refractivity contribution in [3.8, 4) is 5.75 Å². The number of rotatable bonds is 4. The number of carbonyl (C=O) groups is 1. The van der Waals surface area contributed by atoms with Crippen molar-refractivity contribution in [3.63, 3.8) is 0 Å². The largest absolute Gasteiger partial charge is 0.733 e. The van der Waals surface area contributed by atoms with Gasteiger partial charge in [0.2, 0.25) is 0 Å². The van der Waals surface area contributed by atoms with Crippen LogP contribution in [0.4, 0.5) is 5.69 Å². The number of esters is 1. The smallest absolute Gasteiger partial charge is 0.317 e. The van der Waals surface area contributed by atoms with E-state index in [9.17, 15) is 15.1 Å². The first-order valence-electron chi connectivity index (χ1n) is 11.3. The number of hydrogen-bond donors (Lipinski definition) is 2. The Morgan fingerprint density at radius 1 is 1.16 bits per heavy atom. The minimum atomic E-state index is -0.883. The highest BCUT2D eigenvalue weighted by atomic mass is 16.8. The van der Waals surface area contributed by atoms with E-state index in [0.717, 1.165) is 37.7 Å². The van der Waals surface area contributed by atoms with Crippen molar-refractivity contribution in [2.75, 3.05) is 5.23 Å². The Labute approximate surface area is 189 Å². The van der Waals surface area contributed by atoms with Gasteiger partial charge in [0.1, 0.15) is 5.75 Å². The van der Waals surface area contributed by atoms with Crippen molar-refractivity contribution in [1.29, 1.82) is 0 Å². The molecule has 2 aromatic rings. The third kappa shape index (κ3) is 3.81. The molecule has 3 unspecified atom stereocenters. The predicted octanol–water partition coefficient (Wildman–Crippen LogP) is 5.22. The highest BCUT2D eigenvalue weighted by molar-refractivity contribution is 5.80. The van der Waals surface area contributed by atoms with Crippen LogP contribution >= 0.6 is 0 Å². The average Bonchev–Trinajstić information content (AvgIpc) is 2.73. The molecule has 1 saturated carbocycles. The van der Waals surface area contributed by atoms with Crippen molar-refractivity contribution >= 4 is 11.7 Å². The molecule has 2 aliphatic rings. The summed E-state index contributed by atoms with van der Waals surface area (Å²) in [7, 11) is 0. The van der Waals surface area contributed by atoms with Crippen LogP contribution in [0.25, 0.3) is 0 Å². The van der Waals surface area contributed by atoms with Crippen LogP contribution in [0.1, 0.15) is 70.1 Å². The molecule has 0 aromatic heterocycles. The fourth-order valence-corrected chi connectivity index (χ4v) is 5.98. The number of aliphatic hydroxyl groups is 1. The number of benzene rings is 2. The summed E-state index contributed by atoms with van der Waals surface area (Å²) in [5, 5.41) is 30.2. The minimum absolute atomic E-state index is 0.0792. The number of nitrogens with zero attached hydrogens (tertiary/aromatic N) is 1. The molecule has 6 nitrogen and oxygen atoms in total. The quantitative estimate of drug-likeness (QED) is 0.386. The third-order valence-electron chi connectivity index (χ3n) is 7.79. The molecule has 6 heteroatoms. The lowest BCUT2D eigenvalue weighted by atomic mass is 9.49. The van der Waals surface area contributed by atoms with Gasteiger partial charge in [-0.2, -0.15) is 0 Å². The van der Waals surface area contributed by atoms with Gasteiger partial charge in [0, 0.05) is 0 Å². The third-order valence-corrected chi connectivity index (χ3v) is 7.79. The lowest BCUT2D eigenvalue weighted by Crippen LogP contribution is -2.53. The Kier molecular flexibility index (Phi) is 5.60. The Morgan fingerprint density at radius 3 is 2.47 bits per heavy atom. The standard InChI is InChI=1S/C26H32NO5/c1-24(2,29)18-7-12-21-17(16-18)6-13-22-25(21,3)14-5-15-26(22,4)23(28)32-20-10-8-19(9-11-20)27(30)31/h7-12,16,22,29-30H,5-6,13-15H2,1-4H3/q-1. The van der Waals surface area contributed by atoms with Gasteiger partial charge >= 0.3 is 5.97 Å². The Balaban J connectivity index is 1.62. The maximum Gasteiger partial charge on any atom is 0.317 e. The fraction of sp³-hybridized carbons (Fsp3) is 0.500. The highest BCUT2D eigenvalue weighted by Crippen LogP contribution is 2.57. The van der Waals surface area contributed by atoms with Crippen molar-refractivity contribution in [2.24, 2.45) is 11.3 Å². The van der Waals surface area contributed by atoms with E-state index < -0.39 is 11.0 Å². The molecule has 0 spiro atoms. The highest BCUT2D eigenvalue weighted by Gasteiger charge is 2.55. The first-order chi connectivity index (χ1) is 14.9. The summed E-state index contributed by atoms with van der Waals surface area (Å²) in [6.07, 6.45) is 4.47. The van der Waals surface area contributed by atoms with Crippen LogP contribution in [0.15, 0.2) is 42.5 Å². The van der Waals surface area contributed by atoms with Crippen LogP contribution in [0, 0.1) is 16.5 Å². The van der Waals surface area contributed by atoms with E-state index in [1.807, 2.05) is 13.0 Å². The van der Waals surface area contributed by atoms with E-state index in [1.54, 1.807) is 13.8 Å². The zero-order chi connectivity index (χ0) is 23.3. The number of hydrogen-bond acceptors (Lipinski definition) is 6. The predicted molar refractivity (Wildman–Crippen MR) is 123 cm³/mol.